The molecule has 0 spiro atoms. The summed E-state index contributed by atoms with van der Waals surface area (Å²) in [6.07, 6.45) is 0. The van der Waals surface area contributed by atoms with Crippen molar-refractivity contribution < 1.29 is 9.13 Å². The molecule has 2 nitrogen and oxygen atoms in total. The molecule has 0 radical (unpaired) electrons. The van der Waals surface area contributed by atoms with Crippen molar-refractivity contribution in [2.45, 2.75) is 33.4 Å². The zero-order chi connectivity index (χ0) is 14.7. The Morgan fingerprint density at radius 3 is 2.60 bits per heavy atom. The lowest BCUT2D eigenvalue weighted by atomic mass is 10.1. The molecule has 0 aliphatic heterocycles. The van der Waals surface area contributed by atoms with Gasteiger partial charge in [0.15, 0.2) is 0 Å². The molecule has 0 amide bonds. The third kappa shape index (κ3) is 3.38. The summed E-state index contributed by atoms with van der Waals surface area (Å²) in [6.45, 7) is 6.96. The van der Waals surface area contributed by atoms with Gasteiger partial charge < -0.3 is 10.1 Å². The predicted octanol–water partition coefficient (Wildman–Crippen LogP) is 4.36. The predicted molar refractivity (Wildman–Crippen MR) is 82.0 cm³/mol. The highest BCUT2D eigenvalue weighted by atomic mass is 32.1. The number of methoxy groups -OCH3 is 1. The van der Waals surface area contributed by atoms with Gasteiger partial charge in [0.2, 0.25) is 0 Å². The lowest BCUT2D eigenvalue weighted by molar-refractivity contribution is 0.409. The van der Waals surface area contributed by atoms with Crippen LogP contribution in [0.4, 0.5) is 4.39 Å². The number of benzene rings is 1. The van der Waals surface area contributed by atoms with Gasteiger partial charge in [0.1, 0.15) is 11.6 Å². The number of hydrogen-bond acceptors (Lipinski definition) is 3. The molecule has 1 unspecified atom stereocenters. The molecule has 1 N–H and O–H groups in total. The lowest BCUT2D eigenvalue weighted by Gasteiger charge is -2.15. The van der Waals surface area contributed by atoms with E-state index in [-0.39, 0.29) is 11.9 Å². The highest BCUT2D eigenvalue weighted by molar-refractivity contribution is 7.12. The van der Waals surface area contributed by atoms with Crippen LogP contribution in [0.2, 0.25) is 0 Å². The highest BCUT2D eigenvalue weighted by Gasteiger charge is 2.12. The maximum atomic E-state index is 14.0. The Balaban J connectivity index is 2.02. The summed E-state index contributed by atoms with van der Waals surface area (Å²) < 4.78 is 19.0. The number of aryl methyl sites for hydroxylation is 2. The zero-order valence-electron chi connectivity index (χ0n) is 12.3. The molecular formula is C16H20FNOS. The molecule has 2 rings (SSSR count). The van der Waals surface area contributed by atoms with Crippen molar-refractivity contribution in [3.8, 4) is 5.75 Å². The fourth-order valence-electron chi connectivity index (χ4n) is 2.09. The van der Waals surface area contributed by atoms with Gasteiger partial charge in [-0.3, -0.25) is 0 Å². The van der Waals surface area contributed by atoms with Gasteiger partial charge in [0, 0.05) is 34.0 Å². The summed E-state index contributed by atoms with van der Waals surface area (Å²) in [4.78, 5) is 2.62. The van der Waals surface area contributed by atoms with Crippen molar-refractivity contribution in [3.63, 3.8) is 0 Å². The van der Waals surface area contributed by atoms with E-state index in [1.54, 1.807) is 23.5 Å². The van der Waals surface area contributed by atoms with Gasteiger partial charge in [-0.25, -0.2) is 4.39 Å². The van der Waals surface area contributed by atoms with Crippen molar-refractivity contribution in [1.82, 2.24) is 5.32 Å². The third-order valence-corrected chi connectivity index (χ3v) is 4.63. The second kappa shape index (κ2) is 6.37. The summed E-state index contributed by atoms with van der Waals surface area (Å²) in [5.74, 6) is 0.311. The molecule has 0 saturated heterocycles. The average molecular weight is 293 g/mol. The number of halogens is 1. The largest absolute Gasteiger partial charge is 0.497 e. The van der Waals surface area contributed by atoms with Gasteiger partial charge in [-0.15, -0.1) is 11.3 Å². The fraction of sp³-hybridized carbons (Fsp3) is 0.375. The first kappa shape index (κ1) is 15.0. The second-order valence-corrected chi connectivity index (χ2v) is 6.28. The Kier molecular flexibility index (Phi) is 4.78. The highest BCUT2D eigenvalue weighted by Crippen LogP contribution is 2.24. The molecule has 4 heteroatoms. The van der Waals surface area contributed by atoms with Gasteiger partial charge in [-0.05, 0) is 38.5 Å². The van der Waals surface area contributed by atoms with Gasteiger partial charge >= 0.3 is 0 Å². The van der Waals surface area contributed by atoms with Crippen LogP contribution in [0, 0.1) is 19.7 Å². The van der Waals surface area contributed by atoms with Crippen LogP contribution in [0.25, 0.3) is 0 Å². The molecule has 0 saturated carbocycles. The maximum absolute atomic E-state index is 14.0. The second-order valence-electron chi connectivity index (χ2n) is 4.94. The van der Waals surface area contributed by atoms with Crippen molar-refractivity contribution in [1.29, 1.82) is 0 Å². The number of nitrogens with one attached hydrogen (secondary N) is 1. The van der Waals surface area contributed by atoms with E-state index in [4.69, 9.17) is 4.74 Å². The molecule has 2 aromatic rings. The van der Waals surface area contributed by atoms with Crippen LogP contribution in [0.5, 0.6) is 5.75 Å². The molecule has 0 fully saturated rings. The van der Waals surface area contributed by atoms with Crippen molar-refractivity contribution in [2.24, 2.45) is 0 Å². The number of thiophene rings is 1. The zero-order valence-corrected chi connectivity index (χ0v) is 13.1. The van der Waals surface area contributed by atoms with Crippen LogP contribution >= 0.6 is 11.3 Å². The van der Waals surface area contributed by atoms with Crippen LogP contribution < -0.4 is 10.1 Å². The minimum absolute atomic E-state index is 0.0383. The SMILES string of the molecule is COc1ccc(C(C)NCc2cc(C)c(C)s2)c(F)c1. The standard InChI is InChI=1S/C16H20FNOS/c1-10-7-14(20-12(10)3)9-18-11(2)15-6-5-13(19-4)8-16(15)17/h5-8,11,18H,9H2,1-4H3. The van der Waals surface area contributed by atoms with Crippen LogP contribution in [-0.2, 0) is 6.54 Å². The minimum atomic E-state index is -0.233. The van der Waals surface area contributed by atoms with Gasteiger partial charge in [-0.2, -0.15) is 0 Å². The maximum Gasteiger partial charge on any atom is 0.131 e. The molecule has 1 atom stereocenters. The monoisotopic (exact) mass is 293 g/mol. The Morgan fingerprint density at radius 2 is 2.05 bits per heavy atom. The van der Waals surface area contributed by atoms with Crippen LogP contribution in [0.1, 0.15) is 33.8 Å². The van der Waals surface area contributed by atoms with Crippen molar-refractivity contribution in [3.05, 3.63) is 51.0 Å². The van der Waals surface area contributed by atoms with E-state index in [2.05, 4.69) is 25.2 Å². The molecule has 20 heavy (non-hydrogen) atoms. The van der Waals surface area contributed by atoms with E-state index in [1.807, 2.05) is 6.92 Å². The summed E-state index contributed by atoms with van der Waals surface area (Å²) >= 11 is 1.79. The van der Waals surface area contributed by atoms with Gasteiger partial charge in [0.05, 0.1) is 7.11 Å². The molecule has 0 aliphatic rings. The van der Waals surface area contributed by atoms with Crippen molar-refractivity contribution >= 4 is 11.3 Å². The van der Waals surface area contributed by atoms with Crippen molar-refractivity contribution in [2.75, 3.05) is 7.11 Å². The van der Waals surface area contributed by atoms with Crippen LogP contribution in [0.15, 0.2) is 24.3 Å². The summed E-state index contributed by atoms with van der Waals surface area (Å²) in [6, 6.07) is 7.13. The van der Waals surface area contributed by atoms with E-state index >= 15 is 0 Å². The lowest BCUT2D eigenvalue weighted by Crippen LogP contribution is -2.18. The number of hydrogen-bond donors (Lipinski definition) is 1. The van der Waals surface area contributed by atoms with Crippen LogP contribution in [-0.4, -0.2) is 7.11 Å². The Labute approximate surface area is 123 Å². The van der Waals surface area contributed by atoms with Gasteiger partial charge in [0.25, 0.3) is 0 Å². The summed E-state index contributed by atoms with van der Waals surface area (Å²) in [5.41, 5.74) is 1.98. The normalized spacial score (nSPS) is 12.4. The Bertz CT molecular complexity index is 575. The van der Waals surface area contributed by atoms with E-state index < -0.39 is 0 Å². The smallest absolute Gasteiger partial charge is 0.131 e. The summed E-state index contributed by atoms with van der Waals surface area (Å²) in [7, 11) is 1.54. The minimum Gasteiger partial charge on any atom is -0.497 e. The molecule has 0 bridgehead atoms. The summed E-state index contributed by atoms with van der Waals surface area (Å²) in [5, 5.41) is 3.36. The molecule has 0 aliphatic carbocycles. The topological polar surface area (TPSA) is 21.3 Å². The first-order valence-electron chi connectivity index (χ1n) is 6.64. The Hall–Kier alpha value is -1.39. The molecule has 108 valence electrons. The quantitative estimate of drug-likeness (QED) is 0.884. The average Bonchev–Trinajstić information content (AvgIpc) is 2.75. The third-order valence-electron chi connectivity index (χ3n) is 3.47. The van der Waals surface area contributed by atoms with E-state index in [0.717, 1.165) is 6.54 Å². The molecule has 1 heterocycles. The first-order chi connectivity index (χ1) is 9.51. The van der Waals surface area contributed by atoms with E-state index in [0.29, 0.717) is 11.3 Å². The molecule has 1 aromatic carbocycles. The number of rotatable bonds is 5. The van der Waals surface area contributed by atoms with Gasteiger partial charge in [-0.1, -0.05) is 6.07 Å². The fourth-order valence-corrected chi connectivity index (χ4v) is 3.09. The Morgan fingerprint density at radius 1 is 1.30 bits per heavy atom. The van der Waals surface area contributed by atoms with E-state index in [9.17, 15) is 4.39 Å². The van der Waals surface area contributed by atoms with E-state index in [1.165, 1.54) is 28.5 Å². The van der Waals surface area contributed by atoms with Crippen LogP contribution in [0.3, 0.4) is 0 Å². The first-order valence-corrected chi connectivity index (χ1v) is 7.45. The number of ether oxygens (including phenoxy) is 1. The molecule has 1 aromatic heterocycles. The molecular weight excluding hydrogens is 273 g/mol.